The highest BCUT2D eigenvalue weighted by atomic mass is 16.6. The number of methoxy groups -OCH3 is 1. The number of carbonyl (C=O) groups excluding carboxylic acids is 15. The van der Waals surface area contributed by atoms with E-state index < -0.39 is 107 Å². The van der Waals surface area contributed by atoms with Crippen molar-refractivity contribution < 1.29 is 143 Å². The van der Waals surface area contributed by atoms with E-state index in [0.717, 1.165) is 51.4 Å². The molecule has 5 heterocycles. The summed E-state index contributed by atoms with van der Waals surface area (Å²) in [6.07, 6.45) is 11.4. The van der Waals surface area contributed by atoms with Gasteiger partial charge in [0.15, 0.2) is 0 Å². The second kappa shape index (κ2) is 46.4. The predicted octanol–water partition coefficient (Wildman–Crippen LogP) is 15.6. The molecule has 30 nitrogen and oxygen atoms in total. The van der Waals surface area contributed by atoms with Crippen molar-refractivity contribution in [3.05, 3.63) is 0 Å². The first-order chi connectivity index (χ1) is 56.1. The molecule has 0 amide bonds. The molecule has 0 radical (unpaired) electrons. The van der Waals surface area contributed by atoms with Gasteiger partial charge in [-0.1, -0.05) is 150 Å². The Bertz CT molecular complexity index is 3850. The van der Waals surface area contributed by atoms with Crippen molar-refractivity contribution >= 4 is 89.5 Å². The number of rotatable bonds is 23. The Morgan fingerprint density at radius 2 is 0.516 bits per heavy atom. The van der Waals surface area contributed by atoms with E-state index in [1.165, 1.54) is 13.5 Å². The number of carbonyl (C=O) groups is 15. The van der Waals surface area contributed by atoms with Crippen LogP contribution in [0.3, 0.4) is 0 Å². The van der Waals surface area contributed by atoms with Gasteiger partial charge in [-0.25, -0.2) is 0 Å². The first-order valence-corrected chi connectivity index (χ1v) is 44.1. The molecule has 0 N–H and O–H groups in total. The van der Waals surface area contributed by atoms with E-state index >= 15 is 0 Å². The van der Waals surface area contributed by atoms with Crippen LogP contribution in [0, 0.1) is 148 Å². The molecule has 10 bridgehead atoms. The average molecular weight is 1820 g/mol. The van der Waals surface area contributed by atoms with Gasteiger partial charge in [0.05, 0.1) is 102 Å². The molecule has 35 atom stereocenters. The SMILES string of the molecule is C.C.C.C.C.C.C.C.C.C.CCC(C)C(=O)OC1C2CC3C1OC(=O)C3C2C(=O)OC.CCC(C)C(=O)OC1C2CC3C1OC(=O)C3C2C(=O)OC(C)(C)C.CCC(C)C(=O)OC1C2CC3C1OC(=O)C3C2C(=O)OC1CCCC1.CCC(C)C(=O)OC1C2CC3C1OC(=O)C3C2C(=O)OC1CCCCC1.CCOC(=O)C1C2CC3C(OC(=O)C31)C2OC(=O)C(C)CC. The largest absolute Gasteiger partial charge is 0.469 e. The summed E-state index contributed by atoms with van der Waals surface area (Å²) >= 11 is 0. The maximum Gasteiger partial charge on any atom is 0.310 e. The van der Waals surface area contributed by atoms with Gasteiger partial charge in [0.25, 0.3) is 0 Å². The number of fused-ring (bicyclic) bond motifs is 5. The summed E-state index contributed by atoms with van der Waals surface area (Å²) < 4.78 is 82.4. The lowest BCUT2D eigenvalue weighted by Gasteiger charge is -2.32. The lowest BCUT2D eigenvalue weighted by Crippen LogP contribution is -2.45. The molecule has 12 saturated carbocycles. The summed E-state index contributed by atoms with van der Waals surface area (Å²) in [7, 11) is 1.31. The Morgan fingerprint density at radius 1 is 0.305 bits per heavy atom. The molecule has 30 heteroatoms. The summed E-state index contributed by atoms with van der Waals surface area (Å²) in [4.78, 5) is 184. The average Bonchev–Trinajstić information content (AvgIpc) is 1.58. The van der Waals surface area contributed by atoms with Crippen LogP contribution < -0.4 is 0 Å². The van der Waals surface area contributed by atoms with Crippen molar-refractivity contribution in [1.29, 1.82) is 0 Å². The summed E-state index contributed by atoms with van der Waals surface area (Å²) in [6.45, 7) is 26.1. The number of esters is 15. The molecule has 5 saturated heterocycles. The minimum Gasteiger partial charge on any atom is -0.469 e. The molecule has 0 aromatic heterocycles. The lowest BCUT2D eigenvalue weighted by atomic mass is 9.78. The van der Waals surface area contributed by atoms with Crippen molar-refractivity contribution in [2.24, 2.45) is 148 Å². The third-order valence-corrected chi connectivity index (χ3v) is 29.7. The minimum atomic E-state index is -0.621. The third kappa shape index (κ3) is 21.4. The van der Waals surface area contributed by atoms with Crippen LogP contribution in [-0.2, 0) is 143 Å². The maximum atomic E-state index is 12.9. The van der Waals surface area contributed by atoms with Crippen LogP contribution in [0.2, 0.25) is 0 Å². The Morgan fingerprint density at radius 3 is 0.727 bits per heavy atom. The normalized spacial score (nSPS) is 36.5. The highest BCUT2D eigenvalue weighted by Crippen LogP contribution is 2.64. The molecule has 0 aromatic rings. The Kier molecular flexibility index (Phi) is 41.4. The zero-order valence-electron chi connectivity index (χ0n) is 70.8. The summed E-state index contributed by atoms with van der Waals surface area (Å²) in [5.74, 6) is -11.7. The maximum absolute atomic E-state index is 12.9. The summed E-state index contributed by atoms with van der Waals surface area (Å²) in [5.41, 5.74) is -0.621. The number of hydrogen-bond donors (Lipinski definition) is 0. The molecular weight excluding hydrogens is 1660 g/mol. The molecule has 17 rings (SSSR count). The van der Waals surface area contributed by atoms with Crippen LogP contribution in [0.1, 0.15) is 293 Å². The van der Waals surface area contributed by atoms with Gasteiger partial charge >= 0.3 is 89.5 Å². The van der Waals surface area contributed by atoms with Crippen molar-refractivity contribution in [3.8, 4) is 0 Å². The van der Waals surface area contributed by atoms with E-state index in [-0.39, 0.29) is 290 Å². The number of hydrogen-bond acceptors (Lipinski definition) is 30. The quantitative estimate of drug-likeness (QED) is 0.0677. The van der Waals surface area contributed by atoms with E-state index in [1.807, 2.05) is 62.3 Å². The van der Waals surface area contributed by atoms with Crippen LogP contribution in [-0.4, -0.2) is 182 Å². The molecule has 734 valence electrons. The molecular formula is C98H162O30. The fourth-order valence-corrected chi connectivity index (χ4v) is 22.8. The van der Waals surface area contributed by atoms with Crippen LogP contribution >= 0.6 is 0 Å². The molecule has 12 aliphatic carbocycles. The number of ether oxygens (including phenoxy) is 15. The highest BCUT2D eigenvalue weighted by Gasteiger charge is 2.75. The minimum absolute atomic E-state index is 0. The molecule has 0 spiro atoms. The van der Waals surface area contributed by atoms with Gasteiger partial charge in [0, 0.05) is 59.2 Å². The van der Waals surface area contributed by atoms with E-state index in [4.69, 9.17) is 71.1 Å². The van der Waals surface area contributed by atoms with Crippen LogP contribution in [0.15, 0.2) is 0 Å². The van der Waals surface area contributed by atoms with Crippen LogP contribution in [0.5, 0.6) is 0 Å². The lowest BCUT2D eigenvalue weighted by molar-refractivity contribution is -0.173. The molecule has 128 heavy (non-hydrogen) atoms. The van der Waals surface area contributed by atoms with Gasteiger partial charge in [0.2, 0.25) is 0 Å². The predicted molar refractivity (Wildman–Crippen MR) is 472 cm³/mol. The van der Waals surface area contributed by atoms with Gasteiger partial charge in [-0.2, -0.15) is 0 Å². The van der Waals surface area contributed by atoms with E-state index in [2.05, 4.69) is 0 Å². The van der Waals surface area contributed by atoms with Crippen LogP contribution in [0.4, 0.5) is 0 Å². The second-order valence-electron chi connectivity index (χ2n) is 37.5. The van der Waals surface area contributed by atoms with Crippen molar-refractivity contribution in [2.75, 3.05) is 13.7 Å². The standard InChI is InChI=1S/C20H28O6.C19H26O6.C18H26O6.C16H22O6.C15H20O6.10CH4/c1-3-10(2)18(21)25-16-12-9-13-15(20(23)26-17(13)16)14(12)19(22)24-11-7-5-4-6-8-11;1-3-9(2)17(20)24-15-11-8-12-14(19(22)25-16(12)15)13(11)18(21)23-10-6-4-5-7-10;1-6-8(2)15(19)22-13-10-7-9-11(16(20)23-14(9)13)12(10)17(21)24-18(3,4)5;1-4-7(3)14(17)21-12-8-6-9-11(16(19)22-13(9)12)10(8)15(18)20-5-2;1-4-6(2)13(16)20-11-7-5-8-10(9(7)14(17)19-3)15(18)21-12(8)11;;;;;;;;;;/h10-17H,3-9H2,1-2H3;9-16H,3-8H2,1-2H3;8-14H,6-7H2,1-5H3;7-13H,4-6H2,1-3H3;6-12H,4-5H2,1-3H3;10*1H4. The van der Waals surface area contributed by atoms with Gasteiger partial charge in [-0.05, 0) is 143 Å². The fraction of sp³-hybridized carbons (Fsp3) is 0.847. The Labute approximate surface area is 762 Å². The summed E-state index contributed by atoms with van der Waals surface area (Å²) in [5, 5.41) is 0. The Hall–Kier alpha value is -7.95. The monoisotopic (exact) mass is 1820 g/mol. The first kappa shape index (κ1) is 114. The zero-order chi connectivity index (χ0) is 85.3. The van der Waals surface area contributed by atoms with Crippen LogP contribution in [0.25, 0.3) is 0 Å². The van der Waals surface area contributed by atoms with Crippen molar-refractivity contribution in [3.63, 3.8) is 0 Å². The zero-order valence-corrected chi connectivity index (χ0v) is 70.8. The second-order valence-corrected chi connectivity index (χ2v) is 37.5. The van der Waals surface area contributed by atoms with Gasteiger partial charge in [-0.3, -0.25) is 71.9 Å². The van der Waals surface area contributed by atoms with Gasteiger partial charge in [0.1, 0.15) is 78.8 Å². The fourth-order valence-electron chi connectivity index (χ4n) is 22.8. The van der Waals surface area contributed by atoms with Gasteiger partial charge < -0.3 is 71.1 Å². The third-order valence-electron chi connectivity index (χ3n) is 29.7. The molecule has 0 aromatic carbocycles. The molecule has 17 fully saturated rings. The van der Waals surface area contributed by atoms with Crippen molar-refractivity contribution in [1.82, 2.24) is 0 Å². The van der Waals surface area contributed by atoms with Crippen molar-refractivity contribution in [2.45, 2.75) is 372 Å². The Balaban J connectivity index is 0.000000405. The highest BCUT2D eigenvalue weighted by molar-refractivity contribution is 5.90. The van der Waals surface area contributed by atoms with E-state index in [1.54, 1.807) is 34.6 Å². The molecule has 5 aliphatic heterocycles. The molecule has 35 unspecified atom stereocenters. The molecule has 17 aliphatic rings. The topological polar surface area (TPSA) is 394 Å². The summed E-state index contributed by atoms with van der Waals surface area (Å²) in [6, 6.07) is 0. The smallest absolute Gasteiger partial charge is 0.310 e. The van der Waals surface area contributed by atoms with Gasteiger partial charge in [-0.15, -0.1) is 0 Å². The first-order valence-electron chi connectivity index (χ1n) is 44.1. The van der Waals surface area contributed by atoms with E-state index in [0.29, 0.717) is 64.2 Å². The van der Waals surface area contributed by atoms with E-state index in [9.17, 15) is 71.9 Å².